The molecule has 9 nitrogen and oxygen atoms in total. The number of aromatic nitrogens is 3. The van der Waals surface area contributed by atoms with Gasteiger partial charge in [0.1, 0.15) is 12.4 Å². The van der Waals surface area contributed by atoms with E-state index in [-0.39, 0.29) is 30.8 Å². The molecule has 2 saturated heterocycles. The maximum absolute atomic E-state index is 12.6. The Bertz CT molecular complexity index is 833. The minimum Gasteiger partial charge on any atom is -0.340 e. The van der Waals surface area contributed by atoms with Crippen LogP contribution >= 0.6 is 11.3 Å². The molecule has 0 spiro atoms. The van der Waals surface area contributed by atoms with Crippen LogP contribution in [0, 0.1) is 0 Å². The maximum atomic E-state index is 12.6. The summed E-state index contributed by atoms with van der Waals surface area (Å²) in [5.41, 5.74) is 2.80. The van der Waals surface area contributed by atoms with Gasteiger partial charge in [-0.25, -0.2) is 14.8 Å². The first kappa shape index (κ1) is 17.7. The van der Waals surface area contributed by atoms with Gasteiger partial charge in [0.15, 0.2) is 0 Å². The first-order valence-corrected chi connectivity index (χ1v) is 9.80. The topological polar surface area (TPSA) is 100 Å². The molecule has 2 aromatic heterocycles. The van der Waals surface area contributed by atoms with Crippen molar-refractivity contribution in [2.45, 2.75) is 25.3 Å². The number of amides is 4. The summed E-state index contributed by atoms with van der Waals surface area (Å²) in [6, 6.07) is -0.499. The molecule has 0 bridgehead atoms. The maximum Gasteiger partial charge on any atom is 0.325 e. The van der Waals surface area contributed by atoms with Crippen molar-refractivity contribution in [1.82, 2.24) is 29.7 Å². The van der Waals surface area contributed by atoms with Gasteiger partial charge in [0, 0.05) is 36.8 Å². The lowest BCUT2D eigenvalue weighted by atomic mass is 9.97. The second-order valence-electron chi connectivity index (χ2n) is 6.71. The summed E-state index contributed by atoms with van der Waals surface area (Å²) >= 11 is 1.56. The Morgan fingerprint density at radius 1 is 1.33 bits per heavy atom. The fourth-order valence-electron chi connectivity index (χ4n) is 3.57. The zero-order valence-electron chi connectivity index (χ0n) is 14.7. The number of hydrogen-bond donors (Lipinski definition) is 1. The number of hydrogen-bond acceptors (Lipinski definition) is 6. The molecule has 0 radical (unpaired) electrons. The highest BCUT2D eigenvalue weighted by atomic mass is 32.1. The molecule has 0 saturated carbocycles. The van der Waals surface area contributed by atoms with Crippen molar-refractivity contribution in [3.8, 4) is 0 Å². The molecule has 4 heterocycles. The standard InChI is InChI=1S/C17H20N6O3S/c24-14-6-19-17(26)23(14)9-15(25)21-4-1-2-12(7-21)16-18-3-5-22(16)8-13-10-27-11-20-13/h3,5,10-12H,1-2,4,6-9H2,(H,19,26)/t12-/m1/s1. The Labute approximate surface area is 160 Å². The lowest BCUT2D eigenvalue weighted by Gasteiger charge is -2.33. The normalized spacial score (nSPS) is 20.2. The van der Waals surface area contributed by atoms with E-state index in [2.05, 4.69) is 19.9 Å². The summed E-state index contributed by atoms with van der Waals surface area (Å²) in [5, 5.41) is 4.45. The summed E-state index contributed by atoms with van der Waals surface area (Å²) in [4.78, 5) is 47.5. The summed E-state index contributed by atoms with van der Waals surface area (Å²) in [5.74, 6) is 0.498. The molecular weight excluding hydrogens is 368 g/mol. The summed E-state index contributed by atoms with van der Waals surface area (Å²) in [6.07, 6.45) is 5.51. The summed E-state index contributed by atoms with van der Waals surface area (Å²) in [7, 11) is 0. The fourth-order valence-corrected chi connectivity index (χ4v) is 4.12. The van der Waals surface area contributed by atoms with Crippen molar-refractivity contribution in [2.75, 3.05) is 26.2 Å². The van der Waals surface area contributed by atoms with Crippen LogP contribution in [0.1, 0.15) is 30.3 Å². The van der Waals surface area contributed by atoms with Gasteiger partial charge in [0.25, 0.3) is 5.91 Å². The second-order valence-corrected chi connectivity index (χ2v) is 7.43. The van der Waals surface area contributed by atoms with E-state index < -0.39 is 6.03 Å². The molecule has 2 aliphatic heterocycles. The highest BCUT2D eigenvalue weighted by Crippen LogP contribution is 2.26. The largest absolute Gasteiger partial charge is 0.340 e. The molecule has 0 unspecified atom stereocenters. The van der Waals surface area contributed by atoms with Crippen molar-refractivity contribution in [2.24, 2.45) is 0 Å². The lowest BCUT2D eigenvalue weighted by Crippen LogP contribution is -2.46. The molecular formula is C17H20N6O3S. The van der Waals surface area contributed by atoms with Gasteiger partial charge < -0.3 is 14.8 Å². The number of nitrogens with zero attached hydrogens (tertiary/aromatic N) is 5. The van der Waals surface area contributed by atoms with Gasteiger partial charge >= 0.3 is 6.03 Å². The molecule has 1 N–H and O–H groups in total. The minimum atomic E-state index is -0.499. The van der Waals surface area contributed by atoms with Crippen molar-refractivity contribution in [3.05, 3.63) is 34.8 Å². The zero-order chi connectivity index (χ0) is 18.8. The van der Waals surface area contributed by atoms with Gasteiger partial charge in [-0.1, -0.05) is 0 Å². The minimum absolute atomic E-state index is 0.0389. The molecule has 142 valence electrons. The van der Waals surface area contributed by atoms with Gasteiger partial charge in [-0.3, -0.25) is 14.5 Å². The predicted molar refractivity (Wildman–Crippen MR) is 97.1 cm³/mol. The molecule has 10 heteroatoms. The van der Waals surface area contributed by atoms with E-state index in [9.17, 15) is 14.4 Å². The highest BCUT2D eigenvalue weighted by molar-refractivity contribution is 7.07. The molecule has 4 rings (SSSR count). The number of imidazole rings is 1. The Hall–Kier alpha value is -2.75. The molecule has 0 aromatic carbocycles. The van der Waals surface area contributed by atoms with Crippen LogP contribution in [0.15, 0.2) is 23.3 Å². The fraction of sp³-hybridized carbons (Fsp3) is 0.471. The first-order valence-electron chi connectivity index (χ1n) is 8.86. The van der Waals surface area contributed by atoms with Gasteiger partial charge in [0.2, 0.25) is 5.91 Å². The Morgan fingerprint density at radius 3 is 2.96 bits per heavy atom. The number of urea groups is 1. The smallest absolute Gasteiger partial charge is 0.325 e. The van der Waals surface area contributed by atoms with Crippen LogP contribution < -0.4 is 5.32 Å². The Balaban J connectivity index is 1.42. The SMILES string of the molecule is O=C(CN1C(=O)CNC1=O)N1CCC[C@@H](c2nccn2Cc2cscn2)C1. The first-order chi connectivity index (χ1) is 13.1. The number of likely N-dealkylation sites (tertiary alicyclic amines) is 1. The quantitative estimate of drug-likeness (QED) is 0.758. The van der Waals surface area contributed by atoms with Crippen LogP contribution in [-0.4, -0.2) is 68.4 Å². The summed E-state index contributed by atoms with van der Waals surface area (Å²) < 4.78 is 2.07. The number of imide groups is 1. The lowest BCUT2D eigenvalue weighted by molar-refractivity contribution is -0.137. The molecule has 2 fully saturated rings. The molecule has 2 aliphatic rings. The van der Waals surface area contributed by atoms with E-state index in [1.165, 1.54) is 0 Å². The van der Waals surface area contributed by atoms with E-state index in [1.54, 1.807) is 22.4 Å². The third kappa shape index (κ3) is 3.70. The van der Waals surface area contributed by atoms with Crippen LogP contribution in [0.3, 0.4) is 0 Å². The second kappa shape index (κ2) is 7.47. The van der Waals surface area contributed by atoms with Gasteiger partial charge in [-0.15, -0.1) is 11.3 Å². The van der Waals surface area contributed by atoms with Gasteiger partial charge in [0.05, 0.1) is 24.3 Å². The number of rotatable bonds is 5. The number of thiazole rings is 1. The van der Waals surface area contributed by atoms with E-state index in [1.807, 2.05) is 17.1 Å². The number of piperidine rings is 1. The zero-order valence-corrected chi connectivity index (χ0v) is 15.5. The van der Waals surface area contributed by atoms with Crippen molar-refractivity contribution >= 4 is 29.2 Å². The van der Waals surface area contributed by atoms with E-state index in [4.69, 9.17) is 0 Å². The van der Waals surface area contributed by atoms with Gasteiger partial charge in [-0.05, 0) is 12.8 Å². The van der Waals surface area contributed by atoms with Crippen LogP contribution in [-0.2, 0) is 16.1 Å². The average Bonchev–Trinajstić information content (AvgIpc) is 3.41. The third-order valence-electron chi connectivity index (χ3n) is 4.93. The number of carbonyl (C=O) groups excluding carboxylic acids is 3. The van der Waals surface area contributed by atoms with Crippen LogP contribution in [0.5, 0.6) is 0 Å². The molecule has 0 aliphatic carbocycles. The average molecular weight is 388 g/mol. The van der Waals surface area contributed by atoms with Crippen LogP contribution in [0.25, 0.3) is 0 Å². The molecule has 27 heavy (non-hydrogen) atoms. The highest BCUT2D eigenvalue weighted by Gasteiger charge is 2.33. The Kier molecular flexibility index (Phi) is 4.88. The van der Waals surface area contributed by atoms with E-state index in [0.717, 1.165) is 29.3 Å². The third-order valence-corrected chi connectivity index (χ3v) is 5.57. The van der Waals surface area contributed by atoms with Crippen molar-refractivity contribution < 1.29 is 14.4 Å². The predicted octanol–water partition coefficient (Wildman–Crippen LogP) is 0.646. The van der Waals surface area contributed by atoms with E-state index in [0.29, 0.717) is 19.6 Å². The van der Waals surface area contributed by atoms with Gasteiger partial charge in [-0.2, -0.15) is 0 Å². The van der Waals surface area contributed by atoms with Crippen molar-refractivity contribution in [1.29, 1.82) is 0 Å². The number of carbonyl (C=O) groups is 3. The molecule has 1 atom stereocenters. The van der Waals surface area contributed by atoms with Crippen LogP contribution in [0.2, 0.25) is 0 Å². The number of nitrogens with one attached hydrogen (secondary N) is 1. The monoisotopic (exact) mass is 388 g/mol. The molecule has 4 amide bonds. The van der Waals surface area contributed by atoms with Crippen LogP contribution in [0.4, 0.5) is 4.79 Å². The Morgan fingerprint density at radius 2 is 2.22 bits per heavy atom. The van der Waals surface area contributed by atoms with E-state index >= 15 is 0 Å². The molecule has 2 aromatic rings. The van der Waals surface area contributed by atoms with Crippen molar-refractivity contribution in [3.63, 3.8) is 0 Å². The summed E-state index contributed by atoms with van der Waals surface area (Å²) in [6.45, 7) is 1.58.